The third-order valence-corrected chi connectivity index (χ3v) is 12.5. The Morgan fingerprint density at radius 1 is 1.20 bits per heavy atom. The Labute approximate surface area is 184 Å². The molecule has 1 heterocycles. The lowest BCUT2D eigenvalue weighted by molar-refractivity contribution is -0.160. The second-order valence-electron chi connectivity index (χ2n) is 11.5. The van der Waals surface area contributed by atoms with Crippen LogP contribution in [0, 0.1) is 23.7 Å². The molecule has 4 nitrogen and oxygen atoms in total. The summed E-state index contributed by atoms with van der Waals surface area (Å²) in [6.45, 7) is 15.6. The Balaban J connectivity index is 1.64. The summed E-state index contributed by atoms with van der Waals surface area (Å²) in [6, 6.07) is 0. The van der Waals surface area contributed by atoms with Crippen molar-refractivity contribution in [3.63, 3.8) is 0 Å². The first-order valence-electron chi connectivity index (χ1n) is 11.8. The Morgan fingerprint density at radius 2 is 1.90 bits per heavy atom. The summed E-state index contributed by atoms with van der Waals surface area (Å²) in [5.74, 6) is 1.33. The molecular weight excluding hydrogens is 392 g/mol. The molecule has 0 aromatic rings. The Hall–Kier alpha value is -0.913. The molecular formula is C25H42O4Si. The van der Waals surface area contributed by atoms with Crippen LogP contribution in [0.15, 0.2) is 23.8 Å². The van der Waals surface area contributed by atoms with E-state index >= 15 is 0 Å². The van der Waals surface area contributed by atoms with Crippen molar-refractivity contribution in [2.24, 2.45) is 23.7 Å². The molecule has 2 aliphatic carbocycles. The average molecular weight is 435 g/mol. The number of hydrogen-bond donors (Lipinski definition) is 1. The number of aliphatic hydroxyl groups excluding tert-OH is 1. The SMILES string of the molecule is C[C@@H]1C=C2C=C[C@H](C)[C@H](CC[C@@H]3C[C@H](O[Si](C)(C)C(C)(C)C)CC(=O)O3)[C@@H]2[C@H](O)C1. The van der Waals surface area contributed by atoms with E-state index in [1.807, 2.05) is 0 Å². The molecule has 0 spiro atoms. The lowest BCUT2D eigenvalue weighted by atomic mass is 9.65. The fraction of sp³-hybridized carbons (Fsp3) is 0.800. The molecule has 170 valence electrons. The zero-order valence-electron chi connectivity index (χ0n) is 20.0. The van der Waals surface area contributed by atoms with Crippen LogP contribution in [0.25, 0.3) is 0 Å². The van der Waals surface area contributed by atoms with Gasteiger partial charge >= 0.3 is 5.97 Å². The van der Waals surface area contributed by atoms with Crippen LogP contribution < -0.4 is 0 Å². The molecule has 0 radical (unpaired) electrons. The minimum Gasteiger partial charge on any atom is -0.462 e. The molecule has 0 aromatic heterocycles. The Kier molecular flexibility index (Phi) is 7.05. The highest BCUT2D eigenvalue weighted by molar-refractivity contribution is 6.74. The van der Waals surface area contributed by atoms with E-state index in [0.29, 0.717) is 24.2 Å². The highest BCUT2D eigenvalue weighted by Gasteiger charge is 2.42. The van der Waals surface area contributed by atoms with E-state index in [2.05, 4.69) is 65.9 Å². The lowest BCUT2D eigenvalue weighted by Gasteiger charge is -2.43. The van der Waals surface area contributed by atoms with E-state index in [-0.39, 0.29) is 35.2 Å². The molecule has 5 heteroatoms. The van der Waals surface area contributed by atoms with E-state index in [0.717, 1.165) is 25.7 Å². The molecule has 0 aromatic carbocycles. The lowest BCUT2D eigenvalue weighted by Crippen LogP contribution is -2.47. The molecule has 0 bridgehead atoms. The molecule has 1 fully saturated rings. The van der Waals surface area contributed by atoms with E-state index in [4.69, 9.17) is 9.16 Å². The molecule has 3 rings (SSSR count). The standard InChI is InChI=1S/C25H42O4Si/c1-16-12-18-9-8-17(2)21(24(18)22(26)13-16)11-10-19-14-20(15-23(27)28-19)29-30(6,7)25(3,4)5/h8-9,12,16-17,19-22,24,26H,10-11,13-15H2,1-7H3/t16-,17+,19-,20+,21+,22-,24-/m1/s1. The fourth-order valence-electron chi connectivity index (χ4n) is 5.21. The highest BCUT2D eigenvalue weighted by atomic mass is 28.4. The summed E-state index contributed by atoms with van der Waals surface area (Å²) >= 11 is 0. The van der Waals surface area contributed by atoms with Gasteiger partial charge in [0.25, 0.3) is 0 Å². The summed E-state index contributed by atoms with van der Waals surface area (Å²) in [6.07, 6.45) is 10.3. The monoisotopic (exact) mass is 434 g/mol. The summed E-state index contributed by atoms with van der Waals surface area (Å²) in [7, 11) is -1.91. The van der Waals surface area contributed by atoms with Gasteiger partial charge in [0.1, 0.15) is 6.10 Å². The van der Waals surface area contributed by atoms with Gasteiger partial charge in [-0.3, -0.25) is 4.79 Å². The largest absolute Gasteiger partial charge is 0.462 e. The van der Waals surface area contributed by atoms with Crippen LogP contribution in [0.1, 0.15) is 66.7 Å². The number of carbonyl (C=O) groups excluding carboxylic acids is 1. The van der Waals surface area contributed by atoms with Crippen molar-refractivity contribution < 1.29 is 19.1 Å². The van der Waals surface area contributed by atoms with Crippen LogP contribution in [0.4, 0.5) is 0 Å². The second kappa shape index (κ2) is 8.91. The van der Waals surface area contributed by atoms with Crippen LogP contribution in [-0.4, -0.2) is 37.7 Å². The van der Waals surface area contributed by atoms with Gasteiger partial charge in [-0.05, 0) is 60.7 Å². The molecule has 0 saturated carbocycles. The highest BCUT2D eigenvalue weighted by Crippen LogP contribution is 2.44. The van der Waals surface area contributed by atoms with E-state index in [1.54, 1.807) is 0 Å². The van der Waals surface area contributed by atoms with Crippen LogP contribution in [0.2, 0.25) is 18.1 Å². The topological polar surface area (TPSA) is 55.8 Å². The second-order valence-corrected chi connectivity index (χ2v) is 16.2. The third kappa shape index (κ3) is 5.28. The number of allylic oxidation sites excluding steroid dienone is 3. The molecule has 1 aliphatic heterocycles. The van der Waals surface area contributed by atoms with E-state index in [9.17, 15) is 9.90 Å². The average Bonchev–Trinajstić information content (AvgIpc) is 2.59. The predicted octanol–water partition coefficient (Wildman–Crippen LogP) is 5.63. The predicted molar refractivity (Wildman–Crippen MR) is 124 cm³/mol. The number of cyclic esters (lactones) is 1. The molecule has 3 aliphatic rings. The Bertz CT molecular complexity index is 690. The number of fused-ring (bicyclic) bond motifs is 1. The number of esters is 1. The summed E-state index contributed by atoms with van der Waals surface area (Å²) < 4.78 is 12.3. The maximum atomic E-state index is 12.3. The quantitative estimate of drug-likeness (QED) is 0.450. The van der Waals surface area contributed by atoms with Gasteiger partial charge in [0.2, 0.25) is 0 Å². The number of aliphatic hydroxyl groups is 1. The van der Waals surface area contributed by atoms with Crippen molar-refractivity contribution in [2.45, 2.75) is 103 Å². The van der Waals surface area contributed by atoms with Gasteiger partial charge in [-0.1, -0.05) is 52.8 Å². The van der Waals surface area contributed by atoms with Crippen molar-refractivity contribution in [2.75, 3.05) is 0 Å². The van der Waals surface area contributed by atoms with Gasteiger partial charge in [-0.15, -0.1) is 0 Å². The van der Waals surface area contributed by atoms with Crippen LogP contribution in [0.3, 0.4) is 0 Å². The normalized spacial score (nSPS) is 37.4. The zero-order valence-corrected chi connectivity index (χ0v) is 21.0. The maximum absolute atomic E-state index is 12.3. The smallest absolute Gasteiger partial charge is 0.308 e. The Morgan fingerprint density at radius 3 is 2.57 bits per heavy atom. The van der Waals surface area contributed by atoms with Gasteiger partial charge in [-0.2, -0.15) is 0 Å². The first-order chi connectivity index (χ1) is 13.9. The number of rotatable bonds is 5. The summed E-state index contributed by atoms with van der Waals surface area (Å²) in [5, 5.41) is 10.9. The summed E-state index contributed by atoms with van der Waals surface area (Å²) in [4.78, 5) is 12.3. The van der Waals surface area contributed by atoms with Crippen molar-refractivity contribution >= 4 is 14.3 Å². The van der Waals surface area contributed by atoms with E-state index < -0.39 is 8.32 Å². The first kappa shape index (κ1) is 23.7. The molecule has 1 N–H and O–H groups in total. The third-order valence-electron chi connectivity index (χ3n) is 7.93. The maximum Gasteiger partial charge on any atom is 0.308 e. The minimum atomic E-state index is -1.91. The van der Waals surface area contributed by atoms with Crippen molar-refractivity contribution in [1.82, 2.24) is 0 Å². The van der Waals surface area contributed by atoms with Gasteiger partial charge in [0, 0.05) is 12.3 Å². The number of carbonyl (C=O) groups is 1. The minimum absolute atomic E-state index is 0.0302. The van der Waals surface area contributed by atoms with Gasteiger partial charge in [0.15, 0.2) is 8.32 Å². The molecule has 0 unspecified atom stereocenters. The molecule has 0 amide bonds. The summed E-state index contributed by atoms with van der Waals surface area (Å²) in [5.41, 5.74) is 1.30. The van der Waals surface area contributed by atoms with Crippen molar-refractivity contribution in [3.05, 3.63) is 23.8 Å². The molecule has 30 heavy (non-hydrogen) atoms. The number of ether oxygens (including phenoxy) is 1. The molecule has 1 saturated heterocycles. The van der Waals surface area contributed by atoms with Crippen LogP contribution in [0.5, 0.6) is 0 Å². The van der Waals surface area contributed by atoms with Crippen molar-refractivity contribution in [3.8, 4) is 0 Å². The van der Waals surface area contributed by atoms with Crippen LogP contribution in [-0.2, 0) is 14.0 Å². The van der Waals surface area contributed by atoms with Crippen molar-refractivity contribution in [1.29, 1.82) is 0 Å². The van der Waals surface area contributed by atoms with Gasteiger partial charge < -0.3 is 14.3 Å². The van der Waals surface area contributed by atoms with Gasteiger partial charge in [-0.25, -0.2) is 0 Å². The van der Waals surface area contributed by atoms with E-state index in [1.165, 1.54) is 5.57 Å². The number of hydrogen-bond acceptors (Lipinski definition) is 4. The first-order valence-corrected chi connectivity index (χ1v) is 14.7. The van der Waals surface area contributed by atoms with Gasteiger partial charge in [0.05, 0.1) is 18.6 Å². The molecule has 7 atom stereocenters. The zero-order chi connectivity index (χ0) is 22.3. The fourth-order valence-corrected chi connectivity index (χ4v) is 6.58. The van der Waals surface area contributed by atoms with Crippen LogP contribution >= 0.6 is 0 Å².